The van der Waals surface area contributed by atoms with Crippen LogP contribution in [0.5, 0.6) is 0 Å². The molecule has 3 heteroatoms. The third-order valence-electron chi connectivity index (χ3n) is 3.60. The number of hydrogen-bond acceptors (Lipinski definition) is 2. The average Bonchev–Trinajstić information content (AvgIpc) is 3.11. The third kappa shape index (κ3) is 3.59. The molecule has 0 radical (unpaired) electrons. The highest BCUT2D eigenvalue weighted by Gasteiger charge is 2.32. The van der Waals surface area contributed by atoms with Crippen LogP contribution in [0, 0.1) is 30.6 Å². The van der Waals surface area contributed by atoms with Crippen LogP contribution in [0.3, 0.4) is 0 Å². The monoisotopic (exact) mass is 257 g/mol. The molecule has 0 heterocycles. The summed E-state index contributed by atoms with van der Waals surface area (Å²) in [5.74, 6) is 6.81. The first-order valence-electron chi connectivity index (χ1n) is 6.60. The van der Waals surface area contributed by atoms with Crippen LogP contribution in [-0.2, 0) is 0 Å². The fourth-order valence-electron chi connectivity index (χ4n) is 2.04. The Hall–Kier alpha value is -1.79. The van der Waals surface area contributed by atoms with E-state index < -0.39 is 0 Å². The number of aliphatic hydroxyl groups is 1. The van der Waals surface area contributed by atoms with Crippen molar-refractivity contribution in [3.8, 4) is 11.8 Å². The van der Waals surface area contributed by atoms with Gasteiger partial charge >= 0.3 is 0 Å². The van der Waals surface area contributed by atoms with E-state index in [9.17, 15) is 4.79 Å². The molecule has 1 aliphatic rings. The van der Waals surface area contributed by atoms with Gasteiger partial charge in [-0.2, -0.15) is 0 Å². The Morgan fingerprint density at radius 3 is 2.89 bits per heavy atom. The molecule has 2 N–H and O–H groups in total. The lowest BCUT2D eigenvalue weighted by Crippen LogP contribution is -2.26. The van der Waals surface area contributed by atoms with Crippen LogP contribution in [0.4, 0.5) is 0 Å². The zero-order valence-electron chi connectivity index (χ0n) is 11.4. The van der Waals surface area contributed by atoms with E-state index >= 15 is 0 Å². The summed E-state index contributed by atoms with van der Waals surface area (Å²) in [6, 6.07) is 5.48. The van der Waals surface area contributed by atoms with Crippen LogP contribution in [-0.4, -0.2) is 24.2 Å². The molecule has 0 bridgehead atoms. The summed E-state index contributed by atoms with van der Waals surface area (Å²) in [5, 5.41) is 11.7. The fourth-order valence-corrected chi connectivity index (χ4v) is 2.04. The minimum absolute atomic E-state index is 0.0499. The van der Waals surface area contributed by atoms with Gasteiger partial charge in [0.05, 0.1) is 0 Å². The Bertz CT molecular complexity index is 539. The Morgan fingerprint density at radius 1 is 1.53 bits per heavy atom. The number of carbonyl (C=O) groups is 1. The van der Waals surface area contributed by atoms with E-state index in [1.807, 2.05) is 19.1 Å². The second-order valence-electron chi connectivity index (χ2n) is 5.17. The number of nitrogens with one attached hydrogen (secondary N) is 1. The molecule has 2 atom stereocenters. The molecule has 1 aromatic carbocycles. The van der Waals surface area contributed by atoms with Gasteiger partial charge in [0.25, 0.3) is 5.91 Å². The summed E-state index contributed by atoms with van der Waals surface area (Å²) in [6.07, 6.45) is 1.21. The van der Waals surface area contributed by atoms with E-state index in [1.54, 1.807) is 6.07 Å². The van der Waals surface area contributed by atoms with E-state index in [1.165, 1.54) is 6.42 Å². The second kappa shape index (κ2) is 5.90. The van der Waals surface area contributed by atoms with Crippen LogP contribution < -0.4 is 5.32 Å². The zero-order chi connectivity index (χ0) is 13.8. The molecule has 1 fully saturated rings. The maximum atomic E-state index is 12.0. The molecule has 1 aliphatic carbocycles. The predicted octanol–water partition coefficient (Wildman–Crippen LogP) is 1.72. The lowest BCUT2D eigenvalue weighted by Gasteiger charge is -2.06. The minimum atomic E-state index is -0.171. The number of aliphatic hydroxyl groups excluding tert-OH is 1. The molecular formula is C16H19NO2. The summed E-state index contributed by atoms with van der Waals surface area (Å²) in [6.45, 7) is 4.72. The Morgan fingerprint density at radius 2 is 2.26 bits per heavy atom. The summed E-state index contributed by atoms with van der Waals surface area (Å²) < 4.78 is 0. The quantitative estimate of drug-likeness (QED) is 0.810. The summed E-state index contributed by atoms with van der Waals surface area (Å²) in [7, 11) is 0. The Kier molecular flexibility index (Phi) is 4.24. The van der Waals surface area contributed by atoms with Crippen molar-refractivity contribution in [1.82, 2.24) is 5.32 Å². The van der Waals surface area contributed by atoms with Crippen LogP contribution in [0.25, 0.3) is 0 Å². The van der Waals surface area contributed by atoms with E-state index in [0.29, 0.717) is 11.5 Å². The summed E-state index contributed by atoms with van der Waals surface area (Å²) in [4.78, 5) is 12.0. The van der Waals surface area contributed by atoms with Crippen LogP contribution >= 0.6 is 0 Å². The molecule has 1 aromatic rings. The van der Waals surface area contributed by atoms with Gasteiger partial charge in [-0.3, -0.25) is 4.79 Å². The van der Waals surface area contributed by atoms with Crippen LogP contribution in [0.1, 0.15) is 34.8 Å². The molecule has 1 amide bonds. The van der Waals surface area contributed by atoms with Gasteiger partial charge in [0, 0.05) is 17.7 Å². The predicted molar refractivity (Wildman–Crippen MR) is 74.7 cm³/mol. The van der Waals surface area contributed by atoms with Gasteiger partial charge in [-0.1, -0.05) is 24.8 Å². The number of benzene rings is 1. The van der Waals surface area contributed by atoms with Crippen LogP contribution in [0.2, 0.25) is 0 Å². The molecule has 0 saturated heterocycles. The third-order valence-corrected chi connectivity index (χ3v) is 3.60. The smallest absolute Gasteiger partial charge is 0.251 e. The first kappa shape index (κ1) is 13.6. The van der Waals surface area contributed by atoms with E-state index in [-0.39, 0.29) is 12.5 Å². The van der Waals surface area contributed by atoms with Crippen molar-refractivity contribution in [1.29, 1.82) is 0 Å². The summed E-state index contributed by atoms with van der Waals surface area (Å²) >= 11 is 0. The topological polar surface area (TPSA) is 49.3 Å². The molecule has 0 spiro atoms. The SMILES string of the molecule is Cc1ccc(C(=O)NCC2CC2C)cc1C#CCO. The average molecular weight is 257 g/mol. The number of hydrogen-bond donors (Lipinski definition) is 2. The molecule has 19 heavy (non-hydrogen) atoms. The van der Waals surface area contributed by atoms with Gasteiger partial charge in [-0.05, 0) is 42.9 Å². The highest BCUT2D eigenvalue weighted by atomic mass is 16.2. The molecule has 0 aliphatic heterocycles. The number of aryl methyl sites for hydroxylation is 1. The lowest BCUT2D eigenvalue weighted by molar-refractivity contribution is 0.0951. The maximum absolute atomic E-state index is 12.0. The minimum Gasteiger partial charge on any atom is -0.384 e. The molecule has 1 saturated carbocycles. The van der Waals surface area contributed by atoms with Gasteiger partial charge in [0.2, 0.25) is 0 Å². The molecule has 3 nitrogen and oxygen atoms in total. The Labute approximate surface area is 114 Å². The van der Waals surface area contributed by atoms with Crippen molar-refractivity contribution in [3.63, 3.8) is 0 Å². The van der Waals surface area contributed by atoms with E-state index in [2.05, 4.69) is 24.1 Å². The highest BCUT2D eigenvalue weighted by molar-refractivity contribution is 5.94. The first-order valence-corrected chi connectivity index (χ1v) is 6.60. The van der Waals surface area contributed by atoms with E-state index in [0.717, 1.165) is 23.6 Å². The standard InChI is InChI=1S/C16H19NO2/c1-11-5-6-14(9-13(11)4-3-7-18)16(19)17-10-15-8-12(15)2/h5-6,9,12,15,18H,7-8,10H2,1-2H3,(H,17,19). The molecule has 2 unspecified atom stereocenters. The van der Waals surface area contributed by atoms with E-state index in [4.69, 9.17) is 5.11 Å². The van der Waals surface area contributed by atoms with Gasteiger partial charge in [-0.15, -0.1) is 0 Å². The van der Waals surface area contributed by atoms with Crippen LogP contribution in [0.15, 0.2) is 18.2 Å². The fraction of sp³-hybridized carbons (Fsp3) is 0.438. The zero-order valence-corrected chi connectivity index (χ0v) is 11.4. The van der Waals surface area contributed by atoms with Gasteiger partial charge in [0.1, 0.15) is 6.61 Å². The highest BCUT2D eigenvalue weighted by Crippen LogP contribution is 2.36. The lowest BCUT2D eigenvalue weighted by atomic mass is 10.0. The van der Waals surface area contributed by atoms with Crippen molar-refractivity contribution in [2.75, 3.05) is 13.2 Å². The van der Waals surface area contributed by atoms with Crippen molar-refractivity contribution in [2.24, 2.45) is 11.8 Å². The first-order chi connectivity index (χ1) is 9.11. The number of amides is 1. The number of rotatable bonds is 3. The largest absolute Gasteiger partial charge is 0.384 e. The molecule has 100 valence electrons. The molecule has 2 rings (SSSR count). The molecule has 0 aromatic heterocycles. The van der Waals surface area contributed by atoms with Crippen molar-refractivity contribution < 1.29 is 9.90 Å². The van der Waals surface area contributed by atoms with Gasteiger partial charge in [-0.25, -0.2) is 0 Å². The van der Waals surface area contributed by atoms with Gasteiger partial charge < -0.3 is 10.4 Å². The normalized spacial score (nSPS) is 20.4. The second-order valence-corrected chi connectivity index (χ2v) is 5.17. The molecular weight excluding hydrogens is 238 g/mol. The summed E-state index contributed by atoms with van der Waals surface area (Å²) in [5.41, 5.74) is 2.43. The maximum Gasteiger partial charge on any atom is 0.251 e. The van der Waals surface area contributed by atoms with Crippen molar-refractivity contribution in [3.05, 3.63) is 34.9 Å². The number of carbonyl (C=O) groups excluding carboxylic acids is 1. The Balaban J connectivity index is 2.04. The van der Waals surface area contributed by atoms with Gasteiger partial charge in [0.15, 0.2) is 0 Å². The van der Waals surface area contributed by atoms with Crippen molar-refractivity contribution >= 4 is 5.91 Å². The van der Waals surface area contributed by atoms with Crippen molar-refractivity contribution in [2.45, 2.75) is 20.3 Å².